The van der Waals surface area contributed by atoms with Crippen molar-refractivity contribution in [2.45, 2.75) is 16.2 Å². The van der Waals surface area contributed by atoms with E-state index in [-0.39, 0.29) is 0 Å². The van der Waals surface area contributed by atoms with Crippen LogP contribution in [0.2, 0.25) is 0 Å². The van der Waals surface area contributed by atoms with Crippen LogP contribution in [0.15, 0.2) is 52.5 Å². The second kappa shape index (κ2) is 3.14. The van der Waals surface area contributed by atoms with E-state index in [0.29, 0.717) is 0 Å². The van der Waals surface area contributed by atoms with Crippen molar-refractivity contribution < 1.29 is 0 Å². The minimum Gasteiger partial charge on any atom is -0.264 e. The average Bonchev–Trinajstić information content (AvgIpc) is 2.26. The molecule has 1 aliphatic rings. The third kappa shape index (κ3) is 1.23. The smallest absolute Gasteiger partial charge is 0.0314 e. The summed E-state index contributed by atoms with van der Waals surface area (Å²) in [5, 5.41) is 0. The summed E-state index contributed by atoms with van der Waals surface area (Å²) < 4.78 is 0. The lowest BCUT2D eigenvalue weighted by atomic mass is 10.1. The minimum absolute atomic E-state index is 1.02. The normalized spacial score (nSPS) is 13.1. The van der Waals surface area contributed by atoms with Gasteiger partial charge in [0.2, 0.25) is 0 Å². The van der Waals surface area contributed by atoms with Crippen LogP contribution in [0.5, 0.6) is 0 Å². The van der Waals surface area contributed by atoms with E-state index in [9.17, 15) is 0 Å². The number of aromatic nitrogens is 1. The molecular formula is C12H9NS. The number of fused-ring (bicyclic) bond motifs is 2. The molecule has 14 heavy (non-hydrogen) atoms. The van der Waals surface area contributed by atoms with Crippen molar-refractivity contribution in [1.82, 2.24) is 4.98 Å². The van der Waals surface area contributed by atoms with Crippen LogP contribution in [0, 0.1) is 0 Å². The Morgan fingerprint density at radius 3 is 2.86 bits per heavy atom. The van der Waals surface area contributed by atoms with Crippen LogP contribution < -0.4 is 0 Å². The minimum atomic E-state index is 1.02. The molecule has 0 amide bonds. The molecule has 0 aliphatic carbocycles. The van der Waals surface area contributed by atoms with Crippen LogP contribution in [-0.4, -0.2) is 4.98 Å². The fraction of sp³-hybridized carbons (Fsp3) is 0.0833. The predicted molar refractivity (Wildman–Crippen MR) is 57.6 cm³/mol. The summed E-state index contributed by atoms with van der Waals surface area (Å²) in [5.41, 5.74) is 2.76. The van der Waals surface area contributed by atoms with E-state index < -0.39 is 0 Å². The first-order valence-electron chi connectivity index (χ1n) is 4.62. The molecule has 0 unspecified atom stereocenters. The Balaban J connectivity index is 2.12. The van der Waals surface area contributed by atoms with Gasteiger partial charge < -0.3 is 0 Å². The van der Waals surface area contributed by atoms with E-state index in [1.54, 1.807) is 0 Å². The van der Waals surface area contributed by atoms with Gasteiger partial charge in [0.25, 0.3) is 0 Å². The lowest BCUT2D eigenvalue weighted by Gasteiger charge is -2.17. The summed E-state index contributed by atoms with van der Waals surface area (Å²) in [5.74, 6) is 0. The molecule has 1 aromatic carbocycles. The molecule has 0 spiro atoms. The Kier molecular flexibility index (Phi) is 1.81. The van der Waals surface area contributed by atoms with E-state index >= 15 is 0 Å². The molecule has 1 nitrogen and oxygen atoms in total. The average molecular weight is 199 g/mol. The highest BCUT2D eigenvalue weighted by Gasteiger charge is 2.14. The molecule has 68 valence electrons. The number of pyridine rings is 1. The van der Waals surface area contributed by atoms with Crippen LogP contribution in [0.1, 0.15) is 11.1 Å². The van der Waals surface area contributed by atoms with Crippen molar-refractivity contribution in [3.8, 4) is 0 Å². The lowest BCUT2D eigenvalue weighted by molar-refractivity contribution is 1.03. The zero-order chi connectivity index (χ0) is 9.38. The van der Waals surface area contributed by atoms with Gasteiger partial charge in [-0.1, -0.05) is 30.0 Å². The molecule has 0 fully saturated rings. The fourth-order valence-electron chi connectivity index (χ4n) is 1.72. The van der Waals surface area contributed by atoms with E-state index in [1.807, 2.05) is 24.2 Å². The zero-order valence-corrected chi connectivity index (χ0v) is 8.42. The van der Waals surface area contributed by atoms with Crippen LogP contribution in [0.3, 0.4) is 0 Å². The standard InChI is InChI=1S/C12H9NS/c1-2-4-11-9(3-1)7-10-8-13-6-5-12(10)14-11/h1-6,8H,7H2. The van der Waals surface area contributed by atoms with Crippen LogP contribution in [0.4, 0.5) is 0 Å². The molecule has 2 aromatic rings. The molecule has 1 aliphatic heterocycles. The number of hydrogen-bond donors (Lipinski definition) is 0. The summed E-state index contributed by atoms with van der Waals surface area (Å²) >= 11 is 1.84. The van der Waals surface area contributed by atoms with Crippen molar-refractivity contribution in [3.05, 3.63) is 53.9 Å². The van der Waals surface area contributed by atoms with Gasteiger partial charge in [0, 0.05) is 28.6 Å². The molecule has 0 N–H and O–H groups in total. The van der Waals surface area contributed by atoms with Gasteiger partial charge in [-0.25, -0.2) is 0 Å². The third-order valence-corrected chi connectivity index (χ3v) is 3.67. The molecule has 0 atom stereocenters. The van der Waals surface area contributed by atoms with Gasteiger partial charge in [-0.3, -0.25) is 4.98 Å². The van der Waals surface area contributed by atoms with Gasteiger partial charge in [-0.15, -0.1) is 0 Å². The maximum Gasteiger partial charge on any atom is 0.0314 e. The Bertz CT molecular complexity index is 392. The Morgan fingerprint density at radius 2 is 1.86 bits per heavy atom. The number of benzene rings is 1. The summed E-state index contributed by atoms with van der Waals surface area (Å²) in [6, 6.07) is 10.7. The second-order valence-electron chi connectivity index (χ2n) is 3.37. The van der Waals surface area contributed by atoms with Gasteiger partial charge in [0.05, 0.1) is 0 Å². The van der Waals surface area contributed by atoms with Crippen molar-refractivity contribution in [2.24, 2.45) is 0 Å². The summed E-state index contributed by atoms with van der Waals surface area (Å²) in [6.07, 6.45) is 4.85. The third-order valence-electron chi connectivity index (χ3n) is 2.43. The molecule has 2 heterocycles. The molecule has 0 saturated carbocycles. The molecule has 0 bridgehead atoms. The van der Waals surface area contributed by atoms with E-state index in [0.717, 1.165) is 6.42 Å². The van der Waals surface area contributed by atoms with E-state index in [2.05, 4.69) is 35.3 Å². The topological polar surface area (TPSA) is 12.9 Å². The quantitative estimate of drug-likeness (QED) is 0.551. The van der Waals surface area contributed by atoms with Crippen molar-refractivity contribution in [1.29, 1.82) is 0 Å². The second-order valence-corrected chi connectivity index (χ2v) is 4.45. The molecule has 2 heteroatoms. The van der Waals surface area contributed by atoms with Crippen molar-refractivity contribution in [2.75, 3.05) is 0 Å². The first kappa shape index (κ1) is 8.06. The van der Waals surface area contributed by atoms with Crippen LogP contribution in [-0.2, 0) is 6.42 Å². The van der Waals surface area contributed by atoms with Gasteiger partial charge in [-0.2, -0.15) is 0 Å². The van der Waals surface area contributed by atoms with Gasteiger partial charge in [-0.05, 0) is 23.3 Å². The molecule has 0 saturated heterocycles. The number of nitrogens with zero attached hydrogens (tertiary/aromatic N) is 1. The zero-order valence-electron chi connectivity index (χ0n) is 7.60. The number of hydrogen-bond acceptors (Lipinski definition) is 2. The highest BCUT2D eigenvalue weighted by Crippen LogP contribution is 2.38. The Labute approximate surface area is 87.2 Å². The maximum absolute atomic E-state index is 4.16. The molecule has 1 aromatic heterocycles. The molecule has 0 radical (unpaired) electrons. The summed E-state index contributed by atoms with van der Waals surface area (Å²) in [4.78, 5) is 6.88. The predicted octanol–water partition coefficient (Wildman–Crippen LogP) is 3.14. The first-order valence-corrected chi connectivity index (χ1v) is 5.44. The highest BCUT2D eigenvalue weighted by atomic mass is 32.2. The Morgan fingerprint density at radius 1 is 1.00 bits per heavy atom. The summed E-state index contributed by atoms with van der Waals surface area (Å²) in [6.45, 7) is 0. The number of rotatable bonds is 0. The largest absolute Gasteiger partial charge is 0.264 e. The van der Waals surface area contributed by atoms with Gasteiger partial charge >= 0.3 is 0 Å². The fourth-order valence-corrected chi connectivity index (χ4v) is 2.76. The van der Waals surface area contributed by atoms with Crippen LogP contribution in [0.25, 0.3) is 0 Å². The first-order chi connectivity index (χ1) is 6.93. The SMILES string of the molecule is c1ccc2c(c1)Cc1cnccc1S2. The van der Waals surface area contributed by atoms with E-state index in [4.69, 9.17) is 0 Å². The van der Waals surface area contributed by atoms with Crippen molar-refractivity contribution in [3.63, 3.8) is 0 Å². The lowest BCUT2D eigenvalue weighted by Crippen LogP contribution is -1.99. The highest BCUT2D eigenvalue weighted by molar-refractivity contribution is 7.99. The maximum atomic E-state index is 4.16. The molecular weight excluding hydrogens is 190 g/mol. The monoisotopic (exact) mass is 199 g/mol. The molecule has 3 rings (SSSR count). The Hall–Kier alpha value is -1.28. The summed E-state index contributed by atoms with van der Waals surface area (Å²) in [7, 11) is 0. The van der Waals surface area contributed by atoms with Crippen LogP contribution >= 0.6 is 11.8 Å². The van der Waals surface area contributed by atoms with Gasteiger partial charge in [0.15, 0.2) is 0 Å². The van der Waals surface area contributed by atoms with E-state index in [1.165, 1.54) is 20.9 Å². The van der Waals surface area contributed by atoms with Gasteiger partial charge in [0.1, 0.15) is 0 Å². The van der Waals surface area contributed by atoms with Crippen molar-refractivity contribution >= 4 is 11.8 Å².